The molecule has 0 N–H and O–H groups in total. The van der Waals surface area contributed by atoms with Crippen LogP contribution in [0, 0.1) is 12.3 Å². The van der Waals surface area contributed by atoms with E-state index in [1.807, 2.05) is 16.5 Å². The summed E-state index contributed by atoms with van der Waals surface area (Å²) in [7, 11) is 2.19. The van der Waals surface area contributed by atoms with Crippen molar-refractivity contribution in [2.24, 2.45) is 5.41 Å². The Morgan fingerprint density at radius 2 is 2.30 bits per heavy atom. The van der Waals surface area contributed by atoms with Crippen LogP contribution in [0.3, 0.4) is 0 Å². The number of carbonyl (C=O) groups is 1. The van der Waals surface area contributed by atoms with Gasteiger partial charge in [0.15, 0.2) is 5.82 Å². The number of nitrogens with zero attached hydrogens (tertiary/aromatic N) is 5. The van der Waals surface area contributed by atoms with Gasteiger partial charge in [0.05, 0.1) is 6.54 Å². The second-order valence-corrected chi connectivity index (χ2v) is 8.51. The molecule has 1 atom stereocenters. The Morgan fingerprint density at radius 3 is 2.96 bits per heavy atom. The molecule has 2 aromatic rings. The van der Waals surface area contributed by atoms with Gasteiger partial charge in [0.25, 0.3) is 5.89 Å². The Bertz CT molecular complexity index is 770. The standard InChI is InChI=1S/C18H25N5O3S/c1-13-20-15(26-21-13)11-25-12-17(24)23-6-3-18(4-7-23)9-14(18)22(2)10-16-19-5-8-27-16/h5,8,14H,3-4,6-7,9-12H2,1-2H3. The summed E-state index contributed by atoms with van der Waals surface area (Å²) in [5.74, 6) is 1.01. The Kier molecular flexibility index (Phi) is 5.25. The summed E-state index contributed by atoms with van der Waals surface area (Å²) in [6.07, 6.45) is 5.22. The van der Waals surface area contributed by atoms with Crippen molar-refractivity contribution in [1.82, 2.24) is 24.9 Å². The molecule has 1 amide bonds. The SMILES string of the molecule is Cc1noc(COCC(=O)N2CCC3(CC2)CC3N(C)Cc2nccs2)n1. The largest absolute Gasteiger partial charge is 0.362 e. The first-order valence-corrected chi connectivity index (χ1v) is 10.2. The molecule has 2 aromatic heterocycles. The van der Waals surface area contributed by atoms with Crippen molar-refractivity contribution in [2.75, 3.05) is 26.7 Å². The van der Waals surface area contributed by atoms with Gasteiger partial charge < -0.3 is 14.2 Å². The molecular weight excluding hydrogens is 366 g/mol. The minimum atomic E-state index is 0.0365. The Labute approximate surface area is 162 Å². The smallest absolute Gasteiger partial charge is 0.252 e. The van der Waals surface area contributed by atoms with Crippen LogP contribution in [-0.4, -0.2) is 63.6 Å². The van der Waals surface area contributed by atoms with Gasteiger partial charge in [-0.2, -0.15) is 4.98 Å². The van der Waals surface area contributed by atoms with Crippen LogP contribution in [0.15, 0.2) is 16.1 Å². The van der Waals surface area contributed by atoms with E-state index >= 15 is 0 Å². The number of hydrogen-bond donors (Lipinski definition) is 0. The third-order valence-electron chi connectivity index (χ3n) is 5.68. The van der Waals surface area contributed by atoms with Crippen LogP contribution in [-0.2, 0) is 22.7 Å². The lowest BCUT2D eigenvalue weighted by molar-refractivity contribution is -0.138. The average Bonchev–Trinajstić information content (AvgIpc) is 3.00. The lowest BCUT2D eigenvalue weighted by atomic mass is 9.92. The summed E-state index contributed by atoms with van der Waals surface area (Å²) in [5.41, 5.74) is 0.380. The Balaban J connectivity index is 1.19. The van der Waals surface area contributed by atoms with Crippen molar-refractivity contribution in [1.29, 1.82) is 0 Å². The predicted octanol–water partition coefficient (Wildman–Crippen LogP) is 1.86. The fourth-order valence-electron chi connectivity index (χ4n) is 4.06. The number of thiazole rings is 1. The van der Waals surface area contributed by atoms with Gasteiger partial charge in [-0.1, -0.05) is 5.16 Å². The van der Waals surface area contributed by atoms with Crippen LogP contribution < -0.4 is 0 Å². The number of amides is 1. The molecule has 27 heavy (non-hydrogen) atoms. The fraction of sp³-hybridized carbons (Fsp3) is 0.667. The number of likely N-dealkylation sites (tertiary alicyclic amines) is 1. The molecule has 1 spiro atoms. The summed E-state index contributed by atoms with van der Waals surface area (Å²) >= 11 is 1.71. The first-order valence-electron chi connectivity index (χ1n) is 9.29. The van der Waals surface area contributed by atoms with E-state index in [2.05, 4.69) is 27.1 Å². The number of piperidine rings is 1. The number of rotatable bonds is 7. The minimum absolute atomic E-state index is 0.0365. The number of ether oxygens (including phenoxy) is 1. The number of carbonyl (C=O) groups excluding carboxylic acids is 1. The fourth-order valence-corrected chi connectivity index (χ4v) is 4.74. The van der Waals surface area contributed by atoms with Crippen LogP contribution in [0.4, 0.5) is 0 Å². The molecule has 1 unspecified atom stereocenters. The van der Waals surface area contributed by atoms with E-state index in [1.165, 1.54) is 11.4 Å². The van der Waals surface area contributed by atoms with Crippen LogP contribution in [0.1, 0.15) is 36.0 Å². The van der Waals surface area contributed by atoms with Crippen molar-refractivity contribution < 1.29 is 14.1 Å². The molecule has 1 aliphatic heterocycles. The molecule has 0 bridgehead atoms. The molecule has 146 valence electrons. The molecule has 2 fully saturated rings. The molecule has 1 saturated heterocycles. The number of aromatic nitrogens is 3. The zero-order valence-corrected chi connectivity index (χ0v) is 16.6. The quantitative estimate of drug-likeness (QED) is 0.712. The molecule has 4 rings (SSSR count). The van der Waals surface area contributed by atoms with Gasteiger partial charge in [0, 0.05) is 30.7 Å². The number of hydrogen-bond acceptors (Lipinski definition) is 8. The van der Waals surface area contributed by atoms with Gasteiger partial charge in [-0.05, 0) is 38.6 Å². The zero-order valence-electron chi connectivity index (χ0n) is 15.8. The lowest BCUT2D eigenvalue weighted by Gasteiger charge is -2.34. The van der Waals surface area contributed by atoms with Crippen LogP contribution >= 0.6 is 11.3 Å². The third kappa shape index (κ3) is 4.20. The number of aryl methyl sites for hydroxylation is 1. The monoisotopic (exact) mass is 391 g/mol. The highest BCUT2D eigenvalue weighted by Gasteiger charge is 2.56. The van der Waals surface area contributed by atoms with Gasteiger partial charge in [0.1, 0.15) is 18.2 Å². The van der Waals surface area contributed by atoms with Crippen molar-refractivity contribution in [3.63, 3.8) is 0 Å². The van der Waals surface area contributed by atoms with E-state index in [4.69, 9.17) is 9.26 Å². The third-order valence-corrected chi connectivity index (χ3v) is 6.44. The maximum Gasteiger partial charge on any atom is 0.252 e. The maximum atomic E-state index is 12.4. The average molecular weight is 391 g/mol. The van der Waals surface area contributed by atoms with Crippen LogP contribution in [0.2, 0.25) is 0 Å². The first kappa shape index (κ1) is 18.5. The minimum Gasteiger partial charge on any atom is -0.362 e. The van der Waals surface area contributed by atoms with E-state index < -0.39 is 0 Å². The van der Waals surface area contributed by atoms with Crippen molar-refractivity contribution in [3.8, 4) is 0 Å². The van der Waals surface area contributed by atoms with Crippen LogP contribution in [0.5, 0.6) is 0 Å². The molecule has 0 radical (unpaired) electrons. The zero-order chi connectivity index (χ0) is 18.9. The molecular formula is C18H25N5O3S. The molecule has 1 saturated carbocycles. The van der Waals surface area contributed by atoms with E-state index in [-0.39, 0.29) is 19.1 Å². The van der Waals surface area contributed by atoms with Gasteiger partial charge >= 0.3 is 0 Å². The normalized spacial score (nSPS) is 21.1. The van der Waals surface area contributed by atoms with Gasteiger partial charge in [-0.3, -0.25) is 9.69 Å². The van der Waals surface area contributed by atoms with Gasteiger partial charge in [0.2, 0.25) is 5.91 Å². The predicted molar refractivity (Wildman–Crippen MR) is 98.9 cm³/mol. The summed E-state index contributed by atoms with van der Waals surface area (Å²) in [6.45, 7) is 4.51. The van der Waals surface area contributed by atoms with E-state index in [0.717, 1.165) is 32.5 Å². The van der Waals surface area contributed by atoms with Crippen LogP contribution in [0.25, 0.3) is 0 Å². The van der Waals surface area contributed by atoms with Crippen molar-refractivity contribution in [2.45, 2.75) is 45.4 Å². The van der Waals surface area contributed by atoms with E-state index in [9.17, 15) is 4.79 Å². The lowest BCUT2D eigenvalue weighted by Crippen LogP contribution is -2.42. The second-order valence-electron chi connectivity index (χ2n) is 7.53. The highest BCUT2D eigenvalue weighted by atomic mass is 32.1. The second kappa shape index (κ2) is 7.65. The van der Waals surface area contributed by atoms with E-state index in [1.54, 1.807) is 18.3 Å². The topological polar surface area (TPSA) is 84.6 Å². The van der Waals surface area contributed by atoms with Crippen molar-refractivity contribution in [3.05, 3.63) is 28.3 Å². The Morgan fingerprint density at radius 1 is 1.48 bits per heavy atom. The summed E-state index contributed by atoms with van der Waals surface area (Å²) in [4.78, 5) is 25.2. The molecule has 8 nitrogen and oxygen atoms in total. The van der Waals surface area contributed by atoms with Gasteiger partial charge in [-0.15, -0.1) is 11.3 Å². The Hall–Kier alpha value is -1.84. The summed E-state index contributed by atoms with van der Waals surface area (Å²) in [5, 5.41) is 6.90. The van der Waals surface area contributed by atoms with Gasteiger partial charge in [-0.25, -0.2) is 4.98 Å². The first-order chi connectivity index (χ1) is 13.1. The molecule has 1 aliphatic carbocycles. The van der Waals surface area contributed by atoms with Crippen molar-refractivity contribution >= 4 is 17.2 Å². The molecule has 9 heteroatoms. The van der Waals surface area contributed by atoms with E-state index in [0.29, 0.717) is 23.2 Å². The maximum absolute atomic E-state index is 12.4. The molecule has 3 heterocycles. The molecule has 0 aromatic carbocycles. The summed E-state index contributed by atoms with van der Waals surface area (Å²) < 4.78 is 10.4. The highest BCUT2D eigenvalue weighted by Crippen LogP contribution is 2.56. The highest BCUT2D eigenvalue weighted by molar-refractivity contribution is 7.09. The summed E-state index contributed by atoms with van der Waals surface area (Å²) in [6, 6.07) is 0.607. The molecule has 2 aliphatic rings.